The molecule has 0 radical (unpaired) electrons. The van der Waals surface area contributed by atoms with Gasteiger partial charge in [0, 0.05) is 21.4 Å². The lowest BCUT2D eigenvalue weighted by Crippen LogP contribution is -2.06. The molecule has 0 aliphatic carbocycles. The summed E-state index contributed by atoms with van der Waals surface area (Å²) in [5, 5.41) is 11.5. The molecule has 0 unspecified atom stereocenters. The van der Waals surface area contributed by atoms with E-state index in [1.807, 2.05) is 22.6 Å². The van der Waals surface area contributed by atoms with Crippen LogP contribution in [0.2, 0.25) is 0 Å². The molecular weight excluding hydrogens is 380 g/mol. The van der Waals surface area contributed by atoms with E-state index in [0.717, 1.165) is 12.1 Å². The molecule has 2 aromatic rings. The molecule has 0 spiro atoms. The maximum Gasteiger partial charge on any atom is 0.132 e. The Hall–Kier alpha value is -1.75. The molecule has 6 heteroatoms. The third kappa shape index (κ3) is 3.22. The Morgan fingerprint density at radius 2 is 1.75 bits per heavy atom. The highest BCUT2D eigenvalue weighted by Crippen LogP contribution is 2.21. The number of hydrogen-bond donors (Lipinski definition) is 1. The Balaban J connectivity index is 2.21. The molecule has 0 aromatic heterocycles. The van der Waals surface area contributed by atoms with Gasteiger partial charge in [-0.25, -0.2) is 13.2 Å². The number of benzene rings is 2. The quantitative estimate of drug-likeness (QED) is 0.801. The van der Waals surface area contributed by atoms with Crippen LogP contribution in [-0.4, -0.2) is 0 Å². The van der Waals surface area contributed by atoms with E-state index in [0.29, 0.717) is 9.26 Å². The van der Waals surface area contributed by atoms with Gasteiger partial charge in [0.1, 0.15) is 17.5 Å². The first-order valence-electron chi connectivity index (χ1n) is 5.58. The number of hydrogen-bond acceptors (Lipinski definition) is 2. The summed E-state index contributed by atoms with van der Waals surface area (Å²) in [7, 11) is 0. The second-order valence-corrected chi connectivity index (χ2v) is 5.17. The lowest BCUT2D eigenvalue weighted by atomic mass is 10.1. The molecule has 0 saturated carbocycles. The molecule has 1 N–H and O–H groups in total. The van der Waals surface area contributed by atoms with E-state index >= 15 is 0 Å². The maximum absolute atomic E-state index is 13.7. The van der Waals surface area contributed by atoms with Gasteiger partial charge in [-0.05, 0) is 52.9 Å². The monoisotopic (exact) mass is 388 g/mol. The van der Waals surface area contributed by atoms with Gasteiger partial charge in [-0.1, -0.05) is 0 Å². The van der Waals surface area contributed by atoms with Crippen molar-refractivity contribution in [2.24, 2.45) is 0 Å². The number of rotatable bonds is 3. The van der Waals surface area contributed by atoms with Crippen LogP contribution in [0.25, 0.3) is 0 Å². The first-order valence-corrected chi connectivity index (χ1v) is 6.66. The normalized spacial score (nSPS) is 10.2. The van der Waals surface area contributed by atoms with Crippen LogP contribution in [0.4, 0.5) is 18.9 Å². The van der Waals surface area contributed by atoms with E-state index in [-0.39, 0.29) is 23.5 Å². The largest absolute Gasteiger partial charge is 0.380 e. The van der Waals surface area contributed by atoms with Crippen molar-refractivity contribution in [3.63, 3.8) is 0 Å². The fourth-order valence-corrected chi connectivity index (χ4v) is 2.32. The third-order valence-corrected chi connectivity index (χ3v) is 3.55. The van der Waals surface area contributed by atoms with Gasteiger partial charge in [0.25, 0.3) is 0 Å². The summed E-state index contributed by atoms with van der Waals surface area (Å²) in [5.41, 5.74) is 0.347. The van der Waals surface area contributed by atoms with Crippen LogP contribution in [0.1, 0.15) is 11.1 Å². The van der Waals surface area contributed by atoms with Gasteiger partial charge in [0.15, 0.2) is 0 Å². The van der Waals surface area contributed by atoms with Crippen molar-refractivity contribution in [2.45, 2.75) is 6.54 Å². The fraction of sp³-hybridized carbons (Fsp3) is 0.0714. The van der Waals surface area contributed by atoms with Gasteiger partial charge in [-0.2, -0.15) is 5.26 Å². The predicted octanol–water partition coefficient (Wildman–Crippen LogP) is 4.19. The second-order valence-electron chi connectivity index (χ2n) is 4.01. The van der Waals surface area contributed by atoms with Crippen molar-refractivity contribution in [1.82, 2.24) is 0 Å². The molecule has 0 atom stereocenters. The van der Waals surface area contributed by atoms with E-state index in [2.05, 4.69) is 5.32 Å². The van der Waals surface area contributed by atoms with Gasteiger partial charge in [0.05, 0.1) is 11.6 Å². The third-order valence-electron chi connectivity index (χ3n) is 2.66. The molecule has 2 rings (SSSR count). The summed E-state index contributed by atoms with van der Waals surface area (Å²) in [6.45, 7) is -0.0923. The highest BCUT2D eigenvalue weighted by atomic mass is 127. The van der Waals surface area contributed by atoms with Crippen molar-refractivity contribution >= 4 is 28.3 Å². The lowest BCUT2D eigenvalue weighted by Gasteiger charge is -2.10. The van der Waals surface area contributed by atoms with E-state index in [1.54, 1.807) is 6.07 Å². The number of nitrogens with zero attached hydrogens (tertiary/aromatic N) is 1. The van der Waals surface area contributed by atoms with Crippen molar-refractivity contribution < 1.29 is 13.2 Å². The zero-order chi connectivity index (χ0) is 14.7. The maximum atomic E-state index is 13.7. The van der Waals surface area contributed by atoms with Crippen molar-refractivity contribution in [2.75, 3.05) is 5.32 Å². The molecule has 0 bridgehead atoms. The van der Waals surface area contributed by atoms with Crippen molar-refractivity contribution in [3.05, 3.63) is 62.5 Å². The van der Waals surface area contributed by atoms with Gasteiger partial charge in [-0.3, -0.25) is 0 Å². The number of halogens is 4. The van der Waals surface area contributed by atoms with Crippen LogP contribution < -0.4 is 5.32 Å². The Kier molecular flexibility index (Phi) is 4.49. The lowest BCUT2D eigenvalue weighted by molar-refractivity contribution is 0.559. The fourth-order valence-electron chi connectivity index (χ4n) is 1.65. The van der Waals surface area contributed by atoms with Crippen molar-refractivity contribution in [1.29, 1.82) is 5.26 Å². The second kappa shape index (κ2) is 6.13. The first-order chi connectivity index (χ1) is 9.51. The molecule has 0 heterocycles. The molecule has 0 fully saturated rings. The zero-order valence-corrected chi connectivity index (χ0v) is 12.2. The first kappa shape index (κ1) is 14.7. The molecule has 20 heavy (non-hydrogen) atoms. The van der Waals surface area contributed by atoms with E-state index in [4.69, 9.17) is 5.26 Å². The van der Waals surface area contributed by atoms with Crippen molar-refractivity contribution in [3.8, 4) is 6.07 Å². The van der Waals surface area contributed by atoms with Crippen LogP contribution in [-0.2, 0) is 6.54 Å². The number of nitriles is 1. The van der Waals surface area contributed by atoms with E-state index in [1.165, 1.54) is 18.2 Å². The average molecular weight is 388 g/mol. The summed E-state index contributed by atoms with van der Waals surface area (Å²) < 4.78 is 40.9. The van der Waals surface area contributed by atoms with Crippen LogP contribution in [0, 0.1) is 32.4 Å². The molecule has 0 amide bonds. The molecule has 2 nitrogen and oxygen atoms in total. The van der Waals surface area contributed by atoms with E-state index in [9.17, 15) is 13.2 Å². The minimum atomic E-state index is -0.786. The van der Waals surface area contributed by atoms with Gasteiger partial charge < -0.3 is 5.32 Å². The molecule has 0 saturated heterocycles. The summed E-state index contributed by atoms with van der Waals surface area (Å²) >= 11 is 1.92. The molecule has 0 aliphatic rings. The smallest absolute Gasteiger partial charge is 0.132 e. The van der Waals surface area contributed by atoms with Gasteiger partial charge in [-0.15, -0.1) is 0 Å². The minimum Gasteiger partial charge on any atom is -0.380 e. The van der Waals surface area contributed by atoms with Crippen LogP contribution in [0.3, 0.4) is 0 Å². The Bertz CT molecular complexity index is 672. The topological polar surface area (TPSA) is 35.8 Å². The minimum absolute atomic E-state index is 0.0693. The standard InChI is InChI=1S/C14H8F3IN2/c15-9-1-2-14(13(18)5-9)20-7-10-11(16)3-8(6-19)4-12(10)17/h1-5,20H,7H2. The predicted molar refractivity (Wildman–Crippen MR) is 77.5 cm³/mol. The highest BCUT2D eigenvalue weighted by molar-refractivity contribution is 14.1. The molecule has 2 aromatic carbocycles. The molecule has 0 aliphatic heterocycles. The van der Waals surface area contributed by atoms with E-state index < -0.39 is 11.6 Å². The van der Waals surface area contributed by atoms with Crippen LogP contribution in [0.15, 0.2) is 30.3 Å². The SMILES string of the molecule is N#Cc1cc(F)c(CNc2ccc(F)cc2I)c(F)c1. The summed E-state index contributed by atoms with van der Waals surface area (Å²) in [6, 6.07) is 7.72. The Morgan fingerprint density at radius 3 is 2.30 bits per heavy atom. The Labute approximate surface area is 127 Å². The summed E-state index contributed by atoms with van der Waals surface area (Å²) in [5.74, 6) is -1.95. The summed E-state index contributed by atoms with van der Waals surface area (Å²) in [6.07, 6.45) is 0. The number of anilines is 1. The average Bonchev–Trinajstić information content (AvgIpc) is 2.39. The van der Waals surface area contributed by atoms with Gasteiger partial charge in [0.2, 0.25) is 0 Å². The summed E-state index contributed by atoms with van der Waals surface area (Å²) in [4.78, 5) is 0. The molecule has 102 valence electrons. The number of nitrogens with one attached hydrogen (secondary N) is 1. The van der Waals surface area contributed by atoms with Crippen LogP contribution >= 0.6 is 22.6 Å². The Morgan fingerprint density at radius 1 is 1.10 bits per heavy atom. The zero-order valence-electron chi connectivity index (χ0n) is 10.1. The van der Waals surface area contributed by atoms with Crippen LogP contribution in [0.5, 0.6) is 0 Å². The van der Waals surface area contributed by atoms with Gasteiger partial charge >= 0.3 is 0 Å². The molecular formula is C14H8F3IN2. The highest BCUT2D eigenvalue weighted by Gasteiger charge is 2.11.